The second kappa shape index (κ2) is 4.43. The van der Waals surface area contributed by atoms with Crippen LogP contribution >= 0.6 is 0 Å². The summed E-state index contributed by atoms with van der Waals surface area (Å²) in [5.41, 5.74) is 0. The van der Waals surface area contributed by atoms with E-state index >= 15 is 0 Å². The first-order valence-electron chi connectivity index (χ1n) is 1.58. The van der Waals surface area contributed by atoms with Crippen LogP contribution in [0.4, 0.5) is 0 Å². The number of hydrogen-bond acceptors (Lipinski definition) is 3. The normalized spacial score (nSPS) is 6.86. The van der Waals surface area contributed by atoms with Crippen molar-refractivity contribution in [1.82, 2.24) is 15.4 Å². The minimum atomic E-state index is 0. The molecule has 0 radical (unpaired) electrons. The number of aromatic nitrogens is 3. The molecule has 0 unspecified atom stereocenters. The molecule has 1 aromatic heterocycles. The average molecular weight is 121 g/mol. The predicted molar refractivity (Wildman–Crippen MR) is 19.8 cm³/mol. The molecule has 0 bridgehead atoms. The quantitative estimate of drug-likeness (QED) is 0.480. The molecule has 38 valence electrons. The van der Waals surface area contributed by atoms with E-state index in [0.29, 0.717) is 0 Å². The van der Waals surface area contributed by atoms with E-state index in [1.165, 1.54) is 0 Å². The summed E-state index contributed by atoms with van der Waals surface area (Å²) in [7, 11) is 0. The third-order valence-electron chi connectivity index (χ3n) is 0.409. The van der Waals surface area contributed by atoms with Gasteiger partial charge in [0.05, 0.1) is 12.4 Å². The maximum Gasteiger partial charge on any atom is 0.0529 e. The maximum atomic E-state index is 3.42. The van der Waals surface area contributed by atoms with Crippen molar-refractivity contribution in [2.24, 2.45) is 0 Å². The van der Waals surface area contributed by atoms with E-state index in [4.69, 9.17) is 0 Å². The van der Waals surface area contributed by atoms with Gasteiger partial charge in [0.1, 0.15) is 0 Å². The maximum absolute atomic E-state index is 3.42. The fourth-order valence-electron chi connectivity index (χ4n) is 0.205. The Labute approximate surface area is 71.1 Å². The van der Waals surface area contributed by atoms with E-state index < -0.39 is 0 Å². The van der Waals surface area contributed by atoms with Gasteiger partial charge in [-0.15, -0.1) is 10.2 Å². The fourth-order valence-corrected chi connectivity index (χ4v) is 0.205. The van der Waals surface area contributed by atoms with Gasteiger partial charge >= 0.3 is 0 Å². The predicted octanol–water partition coefficient (Wildman–Crippen LogP) is -0.128. The zero-order valence-corrected chi connectivity index (χ0v) is 4.13. The van der Waals surface area contributed by atoms with Crippen LogP contribution in [0.5, 0.6) is 0 Å². The molecule has 0 saturated carbocycles. The summed E-state index contributed by atoms with van der Waals surface area (Å²) in [6.07, 6.45) is 3.15. The summed E-state index contributed by atoms with van der Waals surface area (Å²) in [5, 5.41) is 10.1. The summed E-state index contributed by atoms with van der Waals surface area (Å²) in [5.74, 6) is 0. The van der Waals surface area contributed by atoms with Crippen molar-refractivity contribution in [2.75, 3.05) is 0 Å². The Balaban J connectivity index is 0.000000360. The molecule has 4 heteroatoms. The van der Waals surface area contributed by atoms with Gasteiger partial charge in [-0.25, -0.2) is 0 Å². The Morgan fingerprint density at radius 3 is 1.71 bits per heavy atom. The zero-order chi connectivity index (χ0) is 4.24. The largest absolute Gasteiger partial charge is 0.139 e. The Bertz CT molecular complexity index is 82.1. The third kappa shape index (κ3) is 2.91. The molecular formula is C3H3ArN3. The van der Waals surface area contributed by atoms with Gasteiger partial charge in [-0.05, 0) is 11.3 Å². The second-order valence-corrected chi connectivity index (χ2v) is 0.811. The zero-order valence-electron chi connectivity index (χ0n) is 3.43. The van der Waals surface area contributed by atoms with Crippen molar-refractivity contribution in [3.63, 3.8) is 0 Å². The van der Waals surface area contributed by atoms with Crippen LogP contribution in [0, 0.1) is 37.7 Å². The van der Waals surface area contributed by atoms with E-state index in [1.54, 1.807) is 18.5 Å². The van der Waals surface area contributed by atoms with Gasteiger partial charge < -0.3 is 0 Å². The SMILES string of the molecule is [Ar].c1cnnnc1. The molecule has 0 spiro atoms. The summed E-state index contributed by atoms with van der Waals surface area (Å²) in [6, 6.07) is 1.72. The van der Waals surface area contributed by atoms with Crippen LogP contribution in [0.1, 0.15) is 0 Å². The van der Waals surface area contributed by atoms with Crippen LogP contribution in [0.3, 0.4) is 0 Å². The van der Waals surface area contributed by atoms with Gasteiger partial charge in [0, 0.05) is 37.7 Å². The number of nitrogens with zero attached hydrogens (tertiary/aromatic N) is 3. The minimum absolute atomic E-state index is 0. The first kappa shape index (κ1) is 7.27. The molecule has 0 fully saturated rings. The molecule has 0 aliphatic carbocycles. The summed E-state index contributed by atoms with van der Waals surface area (Å²) in [4.78, 5) is 0. The molecule has 1 heterocycles. The summed E-state index contributed by atoms with van der Waals surface area (Å²) in [6.45, 7) is 0. The Morgan fingerprint density at radius 1 is 1.00 bits per heavy atom. The molecule has 0 amide bonds. The van der Waals surface area contributed by atoms with Crippen molar-refractivity contribution in [2.45, 2.75) is 0 Å². The standard InChI is InChI=1S/C3H3N3.Ar/c1-2-4-6-5-3-1;/h1-3H;. The van der Waals surface area contributed by atoms with Crippen LogP contribution in [-0.2, 0) is 0 Å². The summed E-state index contributed by atoms with van der Waals surface area (Å²) < 4.78 is 0. The molecule has 0 aliphatic heterocycles. The second-order valence-electron chi connectivity index (χ2n) is 0.811. The van der Waals surface area contributed by atoms with E-state index in [1.807, 2.05) is 0 Å². The minimum Gasteiger partial charge on any atom is -0.139 e. The molecule has 0 aromatic carbocycles. The molecule has 0 N–H and O–H groups in total. The van der Waals surface area contributed by atoms with Crippen molar-refractivity contribution in [1.29, 1.82) is 0 Å². The Kier molecular flexibility index (Phi) is 4.60. The summed E-state index contributed by atoms with van der Waals surface area (Å²) >= 11 is 0. The van der Waals surface area contributed by atoms with Gasteiger partial charge in [0.2, 0.25) is 0 Å². The van der Waals surface area contributed by atoms with Gasteiger partial charge in [-0.3, -0.25) is 0 Å². The Hall–Kier alpha value is 0.270. The molecular weight excluding hydrogens is 118 g/mol. The monoisotopic (exact) mass is 121 g/mol. The molecule has 7 heavy (non-hydrogen) atoms. The van der Waals surface area contributed by atoms with Gasteiger partial charge in [0.15, 0.2) is 0 Å². The molecule has 0 saturated heterocycles. The van der Waals surface area contributed by atoms with E-state index in [0.717, 1.165) is 0 Å². The Morgan fingerprint density at radius 2 is 1.57 bits per heavy atom. The van der Waals surface area contributed by atoms with E-state index in [2.05, 4.69) is 15.4 Å². The van der Waals surface area contributed by atoms with Crippen molar-refractivity contribution < 1.29 is 37.7 Å². The number of rotatable bonds is 0. The van der Waals surface area contributed by atoms with Crippen LogP contribution in [0.2, 0.25) is 0 Å². The van der Waals surface area contributed by atoms with E-state index in [9.17, 15) is 0 Å². The van der Waals surface area contributed by atoms with Crippen LogP contribution in [0.15, 0.2) is 18.5 Å². The van der Waals surface area contributed by atoms with Crippen LogP contribution < -0.4 is 0 Å². The fraction of sp³-hybridized carbons (Fsp3) is 0. The average Bonchev–Trinajstić information content (AvgIpc) is 1.72. The van der Waals surface area contributed by atoms with Gasteiger partial charge in [0.25, 0.3) is 0 Å². The topological polar surface area (TPSA) is 38.7 Å². The molecule has 3 nitrogen and oxygen atoms in total. The first-order valence-corrected chi connectivity index (χ1v) is 1.58. The van der Waals surface area contributed by atoms with Crippen molar-refractivity contribution in [3.05, 3.63) is 18.5 Å². The molecule has 1 rings (SSSR count). The van der Waals surface area contributed by atoms with Crippen molar-refractivity contribution in [3.8, 4) is 0 Å². The third-order valence-corrected chi connectivity index (χ3v) is 0.409. The molecule has 0 aliphatic rings. The smallest absolute Gasteiger partial charge is 0.0529 e. The number of hydrogen-bond donors (Lipinski definition) is 0. The van der Waals surface area contributed by atoms with Crippen molar-refractivity contribution >= 4 is 0 Å². The van der Waals surface area contributed by atoms with E-state index in [-0.39, 0.29) is 37.7 Å². The molecule has 0 atom stereocenters. The van der Waals surface area contributed by atoms with Crippen LogP contribution in [-0.4, -0.2) is 15.4 Å². The van der Waals surface area contributed by atoms with Gasteiger partial charge in [-0.1, -0.05) is 0 Å². The van der Waals surface area contributed by atoms with Crippen LogP contribution in [0.25, 0.3) is 0 Å². The molecule has 1 aromatic rings. The first-order chi connectivity index (χ1) is 3.00. The van der Waals surface area contributed by atoms with Gasteiger partial charge in [-0.2, -0.15) is 0 Å².